The van der Waals surface area contributed by atoms with Gasteiger partial charge < -0.3 is 10.6 Å². The molecule has 0 spiro atoms. The van der Waals surface area contributed by atoms with Gasteiger partial charge in [0.2, 0.25) is 5.95 Å². The first kappa shape index (κ1) is 14.8. The summed E-state index contributed by atoms with van der Waals surface area (Å²) in [6, 6.07) is 10.3. The predicted molar refractivity (Wildman–Crippen MR) is 87.6 cm³/mol. The zero-order chi connectivity index (χ0) is 14.5. The van der Waals surface area contributed by atoms with Gasteiger partial charge in [0.05, 0.1) is 0 Å². The van der Waals surface area contributed by atoms with E-state index in [0.29, 0.717) is 12.0 Å². The van der Waals surface area contributed by atoms with Crippen molar-refractivity contribution >= 4 is 33.4 Å². The number of hydrogen-bond donors (Lipinski definition) is 2. The Morgan fingerprint density at radius 1 is 1.25 bits per heavy atom. The monoisotopic (exact) mass is 334 g/mol. The summed E-state index contributed by atoms with van der Waals surface area (Å²) in [7, 11) is 0. The molecule has 0 fully saturated rings. The van der Waals surface area contributed by atoms with E-state index >= 15 is 0 Å². The van der Waals surface area contributed by atoms with E-state index in [4.69, 9.17) is 0 Å². The van der Waals surface area contributed by atoms with Crippen LogP contribution in [0.3, 0.4) is 0 Å². The van der Waals surface area contributed by atoms with Crippen LogP contribution < -0.4 is 10.6 Å². The van der Waals surface area contributed by atoms with Crippen molar-refractivity contribution in [3.8, 4) is 0 Å². The van der Waals surface area contributed by atoms with E-state index in [1.807, 2.05) is 37.3 Å². The number of benzene rings is 1. The number of halogens is 1. The van der Waals surface area contributed by atoms with Crippen molar-refractivity contribution in [1.29, 1.82) is 0 Å². The molecular formula is C15H19BrN4. The maximum Gasteiger partial charge on any atom is 0.225 e. The standard InChI is InChI=1S/C15H19BrN4/c1-4-10(2)17-15-18-11(3)8-14(20-15)19-13-7-5-6-12(16)9-13/h5-10H,4H2,1-3H3,(H2,17,18,19,20). The van der Waals surface area contributed by atoms with E-state index in [-0.39, 0.29) is 0 Å². The molecule has 106 valence electrons. The van der Waals surface area contributed by atoms with Crippen molar-refractivity contribution in [2.45, 2.75) is 33.2 Å². The molecule has 0 aliphatic carbocycles. The molecule has 1 aromatic heterocycles. The Morgan fingerprint density at radius 2 is 2.05 bits per heavy atom. The molecular weight excluding hydrogens is 316 g/mol. The summed E-state index contributed by atoms with van der Waals surface area (Å²) in [5.41, 5.74) is 1.93. The molecule has 4 nitrogen and oxygen atoms in total. The largest absolute Gasteiger partial charge is 0.352 e. The van der Waals surface area contributed by atoms with Crippen LogP contribution in [-0.4, -0.2) is 16.0 Å². The summed E-state index contributed by atoms with van der Waals surface area (Å²) < 4.78 is 1.03. The van der Waals surface area contributed by atoms with Crippen LogP contribution >= 0.6 is 15.9 Å². The number of nitrogens with zero attached hydrogens (tertiary/aromatic N) is 2. The zero-order valence-corrected chi connectivity index (χ0v) is 13.5. The SMILES string of the molecule is CCC(C)Nc1nc(C)cc(Nc2cccc(Br)c2)n1. The van der Waals surface area contributed by atoms with Crippen molar-refractivity contribution in [3.63, 3.8) is 0 Å². The second-order valence-electron chi connectivity index (χ2n) is 4.81. The van der Waals surface area contributed by atoms with Gasteiger partial charge in [0.25, 0.3) is 0 Å². The van der Waals surface area contributed by atoms with Crippen LogP contribution in [0.25, 0.3) is 0 Å². The average molecular weight is 335 g/mol. The smallest absolute Gasteiger partial charge is 0.225 e. The molecule has 2 N–H and O–H groups in total. The van der Waals surface area contributed by atoms with E-state index in [2.05, 4.69) is 50.4 Å². The summed E-state index contributed by atoms with van der Waals surface area (Å²) in [5, 5.41) is 6.59. The van der Waals surface area contributed by atoms with Gasteiger partial charge in [0.15, 0.2) is 0 Å². The van der Waals surface area contributed by atoms with E-state index in [1.54, 1.807) is 0 Å². The Morgan fingerprint density at radius 3 is 2.75 bits per heavy atom. The fraction of sp³-hybridized carbons (Fsp3) is 0.333. The van der Waals surface area contributed by atoms with Crippen molar-refractivity contribution < 1.29 is 0 Å². The van der Waals surface area contributed by atoms with Gasteiger partial charge >= 0.3 is 0 Å². The van der Waals surface area contributed by atoms with Gasteiger partial charge in [-0.3, -0.25) is 0 Å². The highest BCUT2D eigenvalue weighted by Gasteiger charge is 2.05. The van der Waals surface area contributed by atoms with Gasteiger partial charge in [0.1, 0.15) is 5.82 Å². The van der Waals surface area contributed by atoms with E-state index in [1.165, 1.54) is 0 Å². The van der Waals surface area contributed by atoms with Gasteiger partial charge in [-0.25, -0.2) is 4.98 Å². The molecule has 20 heavy (non-hydrogen) atoms. The van der Waals surface area contributed by atoms with Crippen LogP contribution in [-0.2, 0) is 0 Å². The lowest BCUT2D eigenvalue weighted by molar-refractivity contribution is 0.752. The van der Waals surface area contributed by atoms with Gasteiger partial charge in [-0.1, -0.05) is 28.9 Å². The zero-order valence-electron chi connectivity index (χ0n) is 11.9. The van der Waals surface area contributed by atoms with Gasteiger partial charge in [-0.15, -0.1) is 0 Å². The second-order valence-corrected chi connectivity index (χ2v) is 5.72. The lowest BCUT2D eigenvalue weighted by atomic mass is 10.3. The maximum atomic E-state index is 4.50. The molecule has 0 bridgehead atoms. The summed E-state index contributed by atoms with van der Waals surface area (Å²) >= 11 is 3.46. The molecule has 0 aliphatic rings. The molecule has 1 unspecified atom stereocenters. The van der Waals surface area contributed by atoms with Crippen molar-refractivity contribution in [2.24, 2.45) is 0 Å². The molecule has 0 amide bonds. The third-order valence-electron chi connectivity index (χ3n) is 2.94. The Balaban J connectivity index is 2.19. The summed E-state index contributed by atoms with van der Waals surface area (Å²) in [6.07, 6.45) is 1.03. The second kappa shape index (κ2) is 6.70. The minimum absolute atomic E-state index is 0.357. The van der Waals surface area contributed by atoms with Crippen LogP contribution in [0, 0.1) is 6.92 Å². The van der Waals surface area contributed by atoms with E-state index in [0.717, 1.165) is 28.1 Å². The number of aromatic nitrogens is 2. The number of nitrogens with one attached hydrogen (secondary N) is 2. The fourth-order valence-electron chi connectivity index (χ4n) is 1.73. The van der Waals surface area contributed by atoms with Crippen LogP contribution in [0.1, 0.15) is 26.0 Å². The molecule has 2 aromatic rings. The minimum Gasteiger partial charge on any atom is -0.352 e. The summed E-state index contributed by atoms with van der Waals surface area (Å²) in [6.45, 7) is 6.22. The third-order valence-corrected chi connectivity index (χ3v) is 3.43. The highest BCUT2D eigenvalue weighted by atomic mass is 79.9. The van der Waals surface area contributed by atoms with Crippen molar-refractivity contribution in [3.05, 3.63) is 40.5 Å². The molecule has 0 aliphatic heterocycles. The van der Waals surface area contributed by atoms with Gasteiger partial charge in [0, 0.05) is 28.0 Å². The van der Waals surface area contributed by atoms with Crippen LogP contribution in [0.2, 0.25) is 0 Å². The Labute approximate surface area is 128 Å². The first-order valence-electron chi connectivity index (χ1n) is 6.71. The van der Waals surface area contributed by atoms with E-state index in [9.17, 15) is 0 Å². The van der Waals surface area contributed by atoms with Crippen molar-refractivity contribution in [2.75, 3.05) is 10.6 Å². The Bertz CT molecular complexity index is 586. The number of rotatable bonds is 5. The fourth-order valence-corrected chi connectivity index (χ4v) is 2.13. The molecule has 5 heteroatoms. The lowest BCUT2D eigenvalue weighted by Gasteiger charge is -2.13. The summed E-state index contributed by atoms with van der Waals surface area (Å²) in [4.78, 5) is 8.91. The van der Waals surface area contributed by atoms with Crippen LogP contribution in [0.15, 0.2) is 34.8 Å². The molecule has 0 saturated heterocycles. The van der Waals surface area contributed by atoms with Crippen LogP contribution in [0.4, 0.5) is 17.5 Å². The molecule has 0 saturated carbocycles. The number of anilines is 3. The van der Waals surface area contributed by atoms with Crippen molar-refractivity contribution in [1.82, 2.24) is 9.97 Å². The van der Waals surface area contributed by atoms with Gasteiger partial charge in [-0.05, 0) is 38.5 Å². The normalized spacial score (nSPS) is 12.0. The minimum atomic E-state index is 0.357. The molecule has 1 atom stereocenters. The molecule has 2 rings (SSSR count). The highest BCUT2D eigenvalue weighted by molar-refractivity contribution is 9.10. The molecule has 0 radical (unpaired) electrons. The molecule has 1 heterocycles. The lowest BCUT2D eigenvalue weighted by Crippen LogP contribution is -2.16. The third kappa shape index (κ3) is 4.20. The first-order valence-corrected chi connectivity index (χ1v) is 7.51. The van der Waals surface area contributed by atoms with E-state index < -0.39 is 0 Å². The van der Waals surface area contributed by atoms with Crippen LogP contribution in [0.5, 0.6) is 0 Å². The Hall–Kier alpha value is -1.62. The topological polar surface area (TPSA) is 49.8 Å². The average Bonchev–Trinajstić information content (AvgIpc) is 2.37. The highest BCUT2D eigenvalue weighted by Crippen LogP contribution is 2.20. The quantitative estimate of drug-likeness (QED) is 0.845. The first-order chi connectivity index (χ1) is 9.56. The number of hydrogen-bond acceptors (Lipinski definition) is 4. The predicted octanol–water partition coefficient (Wildman–Crippen LogP) is 4.50. The Kier molecular flexibility index (Phi) is 4.95. The molecule has 1 aromatic carbocycles. The van der Waals surface area contributed by atoms with Gasteiger partial charge in [-0.2, -0.15) is 4.98 Å². The summed E-state index contributed by atoms with van der Waals surface area (Å²) in [5.74, 6) is 1.46. The number of aryl methyl sites for hydroxylation is 1. The maximum absolute atomic E-state index is 4.50.